The van der Waals surface area contributed by atoms with E-state index in [0.717, 1.165) is 42.2 Å². The van der Waals surface area contributed by atoms with E-state index in [1.165, 1.54) is 0 Å². The lowest BCUT2D eigenvalue weighted by molar-refractivity contribution is -0.0707. The number of halogens is 2. The molecule has 0 aliphatic carbocycles. The zero-order chi connectivity index (χ0) is 19.1. The van der Waals surface area contributed by atoms with E-state index in [4.69, 9.17) is 38.7 Å². The van der Waals surface area contributed by atoms with E-state index < -0.39 is 0 Å². The standard InChI is InChI=1S/C20H22Cl2N4O/c1-12-8-25(9-13(2)27-12)11-18-20(16-5-3-14(21)7-17(16)22)24-19-6-4-15(23)10-26(18)19/h3-7,10,12-13H,8-9,11,23H2,1-2H3. The predicted octanol–water partition coefficient (Wildman–Crippen LogP) is 4.50. The minimum absolute atomic E-state index is 0.195. The number of benzene rings is 1. The van der Waals surface area contributed by atoms with Crippen molar-refractivity contribution in [1.82, 2.24) is 14.3 Å². The van der Waals surface area contributed by atoms with E-state index in [9.17, 15) is 0 Å². The van der Waals surface area contributed by atoms with Crippen molar-refractivity contribution in [2.45, 2.75) is 32.6 Å². The molecule has 3 heterocycles. The van der Waals surface area contributed by atoms with Crippen molar-refractivity contribution in [1.29, 1.82) is 0 Å². The Morgan fingerprint density at radius 2 is 1.89 bits per heavy atom. The van der Waals surface area contributed by atoms with E-state index in [0.29, 0.717) is 15.7 Å². The van der Waals surface area contributed by atoms with Gasteiger partial charge in [0.25, 0.3) is 0 Å². The van der Waals surface area contributed by atoms with Crippen LogP contribution in [0.15, 0.2) is 36.5 Å². The summed E-state index contributed by atoms with van der Waals surface area (Å²) in [6.45, 7) is 6.68. The molecule has 0 bridgehead atoms. The minimum Gasteiger partial charge on any atom is -0.398 e. The first-order valence-corrected chi connectivity index (χ1v) is 9.76. The van der Waals surface area contributed by atoms with E-state index >= 15 is 0 Å². The summed E-state index contributed by atoms with van der Waals surface area (Å²) in [4.78, 5) is 7.23. The molecule has 2 aromatic heterocycles. The minimum atomic E-state index is 0.195. The highest BCUT2D eigenvalue weighted by Gasteiger charge is 2.25. The van der Waals surface area contributed by atoms with E-state index in [1.807, 2.05) is 30.5 Å². The number of morpholine rings is 1. The Bertz CT molecular complexity index is 978. The van der Waals surface area contributed by atoms with Gasteiger partial charge in [0.15, 0.2) is 0 Å². The second-order valence-corrected chi connectivity index (χ2v) is 8.02. The van der Waals surface area contributed by atoms with Crippen molar-refractivity contribution in [3.63, 3.8) is 0 Å². The van der Waals surface area contributed by atoms with Gasteiger partial charge in [-0.25, -0.2) is 4.98 Å². The average Bonchev–Trinajstić information content (AvgIpc) is 2.92. The maximum Gasteiger partial charge on any atom is 0.137 e. The number of pyridine rings is 1. The fraction of sp³-hybridized carbons (Fsp3) is 0.350. The van der Waals surface area contributed by atoms with Crippen LogP contribution >= 0.6 is 23.2 Å². The first-order valence-electron chi connectivity index (χ1n) is 9.00. The van der Waals surface area contributed by atoms with Crippen molar-refractivity contribution in [2.75, 3.05) is 18.8 Å². The van der Waals surface area contributed by atoms with Crippen molar-refractivity contribution in [3.05, 3.63) is 52.3 Å². The van der Waals surface area contributed by atoms with Crippen LogP contribution in [-0.2, 0) is 11.3 Å². The Balaban J connectivity index is 1.82. The number of fused-ring (bicyclic) bond motifs is 1. The van der Waals surface area contributed by atoms with Gasteiger partial charge < -0.3 is 14.9 Å². The molecule has 1 aliphatic rings. The summed E-state index contributed by atoms with van der Waals surface area (Å²) in [5.41, 5.74) is 10.4. The SMILES string of the molecule is CC1CN(Cc2c(-c3ccc(Cl)cc3Cl)nc3ccc(N)cn23)CC(C)O1. The van der Waals surface area contributed by atoms with Crippen LogP contribution in [0.3, 0.4) is 0 Å². The van der Waals surface area contributed by atoms with Gasteiger partial charge in [0.05, 0.1) is 28.6 Å². The van der Waals surface area contributed by atoms with Gasteiger partial charge in [-0.2, -0.15) is 0 Å². The number of hydrogen-bond acceptors (Lipinski definition) is 4. The van der Waals surface area contributed by atoms with Crippen molar-refractivity contribution in [3.8, 4) is 11.3 Å². The number of ether oxygens (including phenoxy) is 1. The fourth-order valence-electron chi connectivity index (χ4n) is 3.78. The lowest BCUT2D eigenvalue weighted by Crippen LogP contribution is -2.45. The quantitative estimate of drug-likeness (QED) is 0.697. The smallest absolute Gasteiger partial charge is 0.137 e. The zero-order valence-electron chi connectivity index (χ0n) is 15.3. The fourth-order valence-corrected chi connectivity index (χ4v) is 4.28. The molecule has 0 spiro atoms. The molecule has 1 aromatic carbocycles. The number of rotatable bonds is 3. The highest BCUT2D eigenvalue weighted by Crippen LogP contribution is 2.33. The summed E-state index contributed by atoms with van der Waals surface area (Å²) in [7, 11) is 0. The second-order valence-electron chi connectivity index (χ2n) is 7.17. The molecule has 1 aliphatic heterocycles. The summed E-state index contributed by atoms with van der Waals surface area (Å²) in [5.74, 6) is 0. The van der Waals surface area contributed by atoms with Gasteiger partial charge in [0.1, 0.15) is 5.65 Å². The Kier molecular flexibility index (Phi) is 5.03. The van der Waals surface area contributed by atoms with E-state index in [2.05, 4.69) is 23.1 Å². The Morgan fingerprint density at radius 1 is 1.15 bits per heavy atom. The third kappa shape index (κ3) is 3.78. The van der Waals surface area contributed by atoms with E-state index in [-0.39, 0.29) is 12.2 Å². The van der Waals surface area contributed by atoms with Crippen molar-refractivity contribution >= 4 is 34.5 Å². The first kappa shape index (κ1) is 18.6. The van der Waals surface area contributed by atoms with Crippen LogP contribution in [0.5, 0.6) is 0 Å². The normalized spacial score (nSPS) is 21.0. The molecule has 1 saturated heterocycles. The van der Waals surface area contributed by atoms with Crippen LogP contribution in [0.25, 0.3) is 16.9 Å². The maximum atomic E-state index is 6.49. The van der Waals surface area contributed by atoms with Crippen molar-refractivity contribution in [2.24, 2.45) is 0 Å². The molecule has 142 valence electrons. The Hall–Kier alpha value is -1.79. The highest BCUT2D eigenvalue weighted by atomic mass is 35.5. The first-order chi connectivity index (χ1) is 12.9. The molecule has 3 aromatic rings. The highest BCUT2D eigenvalue weighted by molar-refractivity contribution is 6.36. The summed E-state index contributed by atoms with van der Waals surface area (Å²) >= 11 is 12.6. The molecule has 0 saturated carbocycles. The predicted molar refractivity (Wildman–Crippen MR) is 110 cm³/mol. The average molecular weight is 405 g/mol. The largest absolute Gasteiger partial charge is 0.398 e. The second kappa shape index (κ2) is 7.32. The summed E-state index contributed by atoms with van der Waals surface area (Å²) < 4.78 is 7.93. The maximum absolute atomic E-state index is 6.49. The molecule has 7 heteroatoms. The van der Waals surface area contributed by atoms with Gasteiger partial charge in [-0.3, -0.25) is 4.90 Å². The molecule has 27 heavy (non-hydrogen) atoms. The van der Waals surface area contributed by atoms with Gasteiger partial charge in [0, 0.05) is 42.1 Å². The molecule has 4 rings (SSSR count). The summed E-state index contributed by atoms with van der Waals surface area (Å²) in [6.07, 6.45) is 2.30. The zero-order valence-corrected chi connectivity index (χ0v) is 16.8. The van der Waals surface area contributed by atoms with Crippen LogP contribution in [-0.4, -0.2) is 39.6 Å². The number of nitrogen functional groups attached to an aromatic ring is 1. The van der Waals surface area contributed by atoms with Gasteiger partial charge in [0.2, 0.25) is 0 Å². The van der Waals surface area contributed by atoms with Crippen LogP contribution < -0.4 is 5.73 Å². The van der Waals surface area contributed by atoms with Crippen LogP contribution in [0.1, 0.15) is 19.5 Å². The number of nitrogens with zero attached hydrogens (tertiary/aromatic N) is 3. The van der Waals surface area contributed by atoms with E-state index in [1.54, 1.807) is 6.07 Å². The third-order valence-electron chi connectivity index (χ3n) is 4.80. The molecule has 2 N–H and O–H groups in total. The third-order valence-corrected chi connectivity index (χ3v) is 5.34. The number of hydrogen-bond donors (Lipinski definition) is 1. The number of nitrogens with two attached hydrogens (primary N) is 1. The molecule has 0 radical (unpaired) electrons. The molecule has 5 nitrogen and oxygen atoms in total. The molecule has 2 atom stereocenters. The monoisotopic (exact) mass is 404 g/mol. The molecular formula is C20H22Cl2N4O. The van der Waals surface area contributed by atoms with Gasteiger partial charge in [-0.15, -0.1) is 0 Å². The van der Waals surface area contributed by atoms with Gasteiger partial charge >= 0.3 is 0 Å². The number of anilines is 1. The molecule has 1 fully saturated rings. The van der Waals surface area contributed by atoms with Crippen molar-refractivity contribution < 1.29 is 4.74 Å². The molecular weight excluding hydrogens is 383 g/mol. The Morgan fingerprint density at radius 3 is 2.59 bits per heavy atom. The lowest BCUT2D eigenvalue weighted by atomic mass is 10.1. The number of aromatic nitrogens is 2. The number of imidazole rings is 1. The topological polar surface area (TPSA) is 55.8 Å². The van der Waals surface area contributed by atoms with Crippen LogP contribution in [0.4, 0.5) is 5.69 Å². The summed E-state index contributed by atoms with van der Waals surface area (Å²) in [6, 6.07) is 9.29. The summed E-state index contributed by atoms with van der Waals surface area (Å²) in [5, 5.41) is 1.19. The lowest BCUT2D eigenvalue weighted by Gasteiger charge is -2.35. The van der Waals surface area contributed by atoms with Gasteiger partial charge in [-0.05, 0) is 44.2 Å². The Labute approximate surface area is 168 Å². The molecule has 2 unspecified atom stereocenters. The van der Waals surface area contributed by atoms with Gasteiger partial charge in [-0.1, -0.05) is 23.2 Å². The van der Waals surface area contributed by atoms with Crippen LogP contribution in [0.2, 0.25) is 10.0 Å². The molecule has 0 amide bonds. The van der Waals surface area contributed by atoms with Crippen LogP contribution in [0, 0.1) is 0 Å².